The van der Waals surface area contributed by atoms with Gasteiger partial charge >= 0.3 is 0 Å². The Morgan fingerprint density at radius 2 is 1.29 bits per heavy atom. The quantitative estimate of drug-likeness (QED) is 0.129. The lowest BCUT2D eigenvalue weighted by Gasteiger charge is -2.32. The molecule has 17 heteroatoms. The minimum absolute atomic E-state index is 0.106. The summed E-state index contributed by atoms with van der Waals surface area (Å²) in [4.78, 5) is 89.1. The van der Waals surface area contributed by atoms with Crippen LogP contribution in [0, 0.1) is 0 Å². The topological polar surface area (TPSA) is 198 Å². The molecule has 6 N–H and O–H groups in total. The van der Waals surface area contributed by atoms with Gasteiger partial charge in [0, 0.05) is 39.2 Å². The number of carbonyl (C=O) groups is 7. The second-order valence-corrected chi connectivity index (χ2v) is 12.7. The Kier molecular flexibility index (Phi) is 16.6. The van der Waals surface area contributed by atoms with Crippen molar-refractivity contribution in [2.24, 2.45) is 0 Å². The fourth-order valence-corrected chi connectivity index (χ4v) is 5.47. The van der Waals surface area contributed by atoms with E-state index in [2.05, 4.69) is 36.8 Å². The molecule has 1 aliphatic heterocycles. The zero-order chi connectivity index (χ0) is 37.3. The summed E-state index contributed by atoms with van der Waals surface area (Å²) in [5.74, 6) is -3.31. The summed E-state index contributed by atoms with van der Waals surface area (Å²) in [7, 11) is 3.18. The molecule has 0 saturated carbocycles. The van der Waals surface area contributed by atoms with Crippen LogP contribution in [0.3, 0.4) is 0 Å². The van der Waals surface area contributed by atoms with Crippen LogP contribution in [0.15, 0.2) is 42.5 Å². The number of anilines is 1. The van der Waals surface area contributed by atoms with Crippen LogP contribution in [0.25, 0.3) is 0 Å². The van der Waals surface area contributed by atoms with Crippen LogP contribution in [0.2, 0.25) is 10.0 Å². The molecule has 0 spiro atoms. The van der Waals surface area contributed by atoms with Gasteiger partial charge in [-0.3, -0.25) is 33.6 Å². The number of nitrogens with one attached hydrogen (secondary N) is 6. The lowest BCUT2D eigenvalue weighted by molar-refractivity contribution is -0.131. The van der Waals surface area contributed by atoms with Gasteiger partial charge in [-0.1, -0.05) is 41.4 Å². The molecule has 1 heterocycles. The highest BCUT2D eigenvalue weighted by molar-refractivity contribution is 6.42. The fourth-order valence-electron chi connectivity index (χ4n) is 5.15. The third-order valence-electron chi connectivity index (χ3n) is 8.03. The van der Waals surface area contributed by atoms with Gasteiger partial charge in [-0.05, 0) is 61.3 Å². The van der Waals surface area contributed by atoms with Gasteiger partial charge in [-0.15, -0.1) is 0 Å². The predicted octanol–water partition coefficient (Wildman–Crippen LogP) is 0.761. The molecular weight excluding hydrogens is 703 g/mol. The van der Waals surface area contributed by atoms with E-state index < -0.39 is 42.0 Å². The predicted molar refractivity (Wildman–Crippen MR) is 192 cm³/mol. The lowest BCUT2D eigenvalue weighted by Crippen LogP contribution is -2.42. The van der Waals surface area contributed by atoms with E-state index in [1.165, 1.54) is 7.05 Å². The van der Waals surface area contributed by atoms with Gasteiger partial charge in [0.05, 0.1) is 48.7 Å². The van der Waals surface area contributed by atoms with Gasteiger partial charge in [0.15, 0.2) is 0 Å². The van der Waals surface area contributed by atoms with Crippen LogP contribution in [0.1, 0.15) is 42.9 Å². The number of halogens is 2. The SMILES string of the molecule is CNC(=O)CNC(=O)CNC(=O)CCC(=O)NCC(=O)NCC(=O)Nc1cccc([C@@H](CN2CCCC2)N(C)C(=O)Cc2ccc(Cl)c(Cl)c2)c1. The van der Waals surface area contributed by atoms with Gasteiger partial charge in [0.25, 0.3) is 0 Å². The van der Waals surface area contributed by atoms with E-state index in [0.717, 1.165) is 37.1 Å². The maximum atomic E-state index is 13.4. The monoisotopic (exact) mass is 746 g/mol. The first-order valence-electron chi connectivity index (χ1n) is 16.4. The molecule has 1 aliphatic rings. The maximum Gasteiger partial charge on any atom is 0.243 e. The van der Waals surface area contributed by atoms with E-state index in [9.17, 15) is 33.6 Å². The normalized spacial score (nSPS) is 13.0. The van der Waals surface area contributed by atoms with Gasteiger partial charge < -0.3 is 41.7 Å². The molecule has 1 fully saturated rings. The Bertz CT molecular complexity index is 1590. The second kappa shape index (κ2) is 20.8. The molecule has 276 valence electrons. The van der Waals surface area contributed by atoms with Gasteiger partial charge in [-0.2, -0.15) is 0 Å². The van der Waals surface area contributed by atoms with Crippen molar-refractivity contribution in [1.82, 2.24) is 36.4 Å². The molecule has 51 heavy (non-hydrogen) atoms. The Labute approximate surface area is 306 Å². The van der Waals surface area contributed by atoms with Crippen molar-refractivity contribution in [3.8, 4) is 0 Å². The Balaban J connectivity index is 1.45. The average molecular weight is 748 g/mol. The van der Waals surface area contributed by atoms with Gasteiger partial charge in [0.1, 0.15) is 0 Å². The second-order valence-electron chi connectivity index (χ2n) is 11.9. The van der Waals surface area contributed by atoms with Gasteiger partial charge in [-0.25, -0.2) is 0 Å². The zero-order valence-corrected chi connectivity index (χ0v) is 30.1. The first-order valence-corrected chi connectivity index (χ1v) is 17.2. The number of carbonyl (C=O) groups excluding carboxylic acids is 7. The molecule has 0 unspecified atom stereocenters. The molecule has 0 bridgehead atoms. The first-order chi connectivity index (χ1) is 24.3. The van der Waals surface area contributed by atoms with E-state index in [1.807, 2.05) is 6.07 Å². The van der Waals surface area contributed by atoms with Crippen LogP contribution < -0.4 is 31.9 Å². The lowest BCUT2D eigenvalue weighted by atomic mass is 10.0. The van der Waals surface area contributed by atoms with Crippen LogP contribution >= 0.6 is 23.2 Å². The van der Waals surface area contributed by atoms with Crippen molar-refractivity contribution in [3.05, 3.63) is 63.6 Å². The molecule has 3 rings (SSSR count). The van der Waals surface area contributed by atoms with E-state index in [-0.39, 0.29) is 50.8 Å². The van der Waals surface area contributed by atoms with Gasteiger partial charge in [0.2, 0.25) is 41.4 Å². The molecule has 0 radical (unpaired) electrons. The third-order valence-corrected chi connectivity index (χ3v) is 8.77. The fraction of sp³-hybridized carbons (Fsp3) is 0.441. The van der Waals surface area contributed by atoms with Crippen molar-refractivity contribution >= 4 is 70.2 Å². The maximum absolute atomic E-state index is 13.4. The summed E-state index contributed by atoms with van der Waals surface area (Å²) in [5, 5.41) is 15.3. The third kappa shape index (κ3) is 14.6. The number of nitrogens with zero attached hydrogens (tertiary/aromatic N) is 2. The summed E-state index contributed by atoms with van der Waals surface area (Å²) in [6.07, 6.45) is 1.85. The van der Waals surface area contributed by atoms with E-state index in [4.69, 9.17) is 23.2 Å². The molecule has 1 atom stereocenters. The molecule has 15 nitrogen and oxygen atoms in total. The molecule has 7 amide bonds. The van der Waals surface area contributed by atoms with Crippen LogP contribution in [-0.2, 0) is 40.0 Å². The number of hydrogen-bond acceptors (Lipinski definition) is 8. The smallest absolute Gasteiger partial charge is 0.243 e. The number of amides is 7. The number of likely N-dealkylation sites (N-methyl/N-ethyl adjacent to an activating group) is 2. The Hall–Kier alpha value is -4.73. The summed E-state index contributed by atoms with van der Waals surface area (Å²) in [5.41, 5.74) is 2.06. The summed E-state index contributed by atoms with van der Waals surface area (Å²) >= 11 is 12.2. The summed E-state index contributed by atoms with van der Waals surface area (Å²) in [6, 6.07) is 12.0. The number of rotatable bonds is 18. The Morgan fingerprint density at radius 3 is 1.88 bits per heavy atom. The summed E-state index contributed by atoms with van der Waals surface area (Å²) in [6.45, 7) is 1.12. The molecule has 0 aliphatic carbocycles. The summed E-state index contributed by atoms with van der Waals surface area (Å²) < 4.78 is 0. The van der Waals surface area contributed by atoms with Crippen molar-refractivity contribution in [2.45, 2.75) is 38.1 Å². The van der Waals surface area contributed by atoms with Crippen LogP contribution in [0.5, 0.6) is 0 Å². The Morgan fingerprint density at radius 1 is 0.725 bits per heavy atom. The standard InChI is InChI=1S/C34H44Cl2N8O7/c1-37-30(47)17-40-31(48)18-38-28(45)10-11-29(46)39-19-32(49)41-20-33(50)42-24-7-5-6-23(16-24)27(21-44-12-3-4-13-44)43(2)34(51)15-22-8-9-25(35)26(36)14-22/h5-9,14,16,27H,3-4,10-13,15,17-21H2,1-2H3,(H,37,47)(H,38,45)(H,39,46)(H,40,48)(H,41,49)(H,42,50)/t27-/m1/s1. The molecular formula is C34H44Cl2N8O7. The van der Waals surface area contributed by atoms with Crippen molar-refractivity contribution < 1.29 is 33.6 Å². The van der Waals surface area contributed by atoms with Crippen molar-refractivity contribution in [2.75, 3.05) is 65.2 Å². The van der Waals surface area contributed by atoms with E-state index in [0.29, 0.717) is 22.3 Å². The van der Waals surface area contributed by atoms with Crippen LogP contribution in [-0.4, -0.2) is 111 Å². The van der Waals surface area contributed by atoms with Crippen molar-refractivity contribution in [1.29, 1.82) is 0 Å². The highest BCUT2D eigenvalue weighted by atomic mass is 35.5. The highest BCUT2D eigenvalue weighted by Crippen LogP contribution is 2.27. The molecule has 1 saturated heterocycles. The first kappa shape index (κ1) is 40.7. The molecule has 2 aromatic rings. The largest absolute Gasteiger partial charge is 0.358 e. The van der Waals surface area contributed by atoms with Crippen LogP contribution in [0.4, 0.5) is 5.69 Å². The number of hydrogen-bond donors (Lipinski definition) is 6. The zero-order valence-electron chi connectivity index (χ0n) is 28.6. The molecule has 2 aromatic carbocycles. The number of benzene rings is 2. The molecule has 0 aromatic heterocycles. The minimum atomic E-state index is -0.614. The van der Waals surface area contributed by atoms with Crippen molar-refractivity contribution in [3.63, 3.8) is 0 Å². The average Bonchev–Trinajstić information content (AvgIpc) is 3.64. The number of likely N-dealkylation sites (tertiary alicyclic amines) is 1. The highest BCUT2D eigenvalue weighted by Gasteiger charge is 2.26. The van der Waals surface area contributed by atoms with E-state index >= 15 is 0 Å². The van der Waals surface area contributed by atoms with E-state index in [1.54, 1.807) is 48.3 Å². The minimum Gasteiger partial charge on any atom is -0.358 e.